The molecule has 0 saturated carbocycles. The minimum atomic E-state index is -4.17. The molecule has 1 aromatic rings. The Balaban J connectivity index is 2.12. The average molecular weight is 289 g/mol. The van der Waals surface area contributed by atoms with Gasteiger partial charge >= 0.3 is 12.1 Å². The maximum atomic E-state index is 12.2. The summed E-state index contributed by atoms with van der Waals surface area (Å²) >= 11 is 0. The summed E-state index contributed by atoms with van der Waals surface area (Å²) < 4.78 is 41.8. The fraction of sp³-hybridized carbons (Fsp3) is 0.462. The lowest BCUT2D eigenvalue weighted by molar-refractivity contribution is -0.135. The number of rotatable bonds is 4. The highest BCUT2D eigenvalue weighted by Gasteiger charge is 2.28. The highest BCUT2D eigenvalue weighted by Crippen LogP contribution is 2.35. The Labute approximate surface area is 113 Å². The lowest BCUT2D eigenvalue weighted by Gasteiger charge is -2.32. The van der Waals surface area contributed by atoms with E-state index in [0.717, 1.165) is 0 Å². The van der Waals surface area contributed by atoms with Gasteiger partial charge in [0.15, 0.2) is 5.75 Å². The molecule has 0 fully saturated rings. The lowest BCUT2D eigenvalue weighted by atomic mass is 10.1. The minimum absolute atomic E-state index is 0.0275. The molecule has 1 aliphatic rings. The first-order chi connectivity index (χ1) is 9.38. The fourth-order valence-corrected chi connectivity index (χ4v) is 2.17. The summed E-state index contributed by atoms with van der Waals surface area (Å²) in [4.78, 5) is 12.8. The molecule has 0 bridgehead atoms. The Hall–Kier alpha value is -1.92. The molecule has 7 heteroatoms. The van der Waals surface area contributed by atoms with Crippen LogP contribution in [0.5, 0.6) is 5.75 Å². The van der Waals surface area contributed by atoms with Gasteiger partial charge in [-0.1, -0.05) is 6.07 Å². The molecular weight excluding hydrogens is 275 g/mol. The van der Waals surface area contributed by atoms with Crippen LogP contribution in [0.2, 0.25) is 0 Å². The number of aromatic carboxylic acids is 1. The molecule has 1 aliphatic heterocycles. The van der Waals surface area contributed by atoms with E-state index in [1.165, 1.54) is 6.07 Å². The number of carboxylic acid groups (broad SMARTS) is 1. The van der Waals surface area contributed by atoms with E-state index in [0.29, 0.717) is 12.2 Å². The summed E-state index contributed by atoms with van der Waals surface area (Å²) in [7, 11) is 0. The monoisotopic (exact) mass is 289 g/mol. The molecule has 0 amide bonds. The van der Waals surface area contributed by atoms with E-state index in [-0.39, 0.29) is 30.9 Å². The number of anilines is 1. The van der Waals surface area contributed by atoms with E-state index in [2.05, 4.69) is 0 Å². The van der Waals surface area contributed by atoms with Gasteiger partial charge in [-0.3, -0.25) is 0 Å². The Morgan fingerprint density at radius 2 is 2.15 bits per heavy atom. The van der Waals surface area contributed by atoms with Crippen LogP contribution >= 0.6 is 0 Å². The van der Waals surface area contributed by atoms with Crippen molar-refractivity contribution in [3.05, 3.63) is 23.8 Å². The second-order valence-electron chi connectivity index (χ2n) is 4.51. The number of halogens is 3. The third-order valence-electron chi connectivity index (χ3n) is 3.06. The molecule has 0 aliphatic carbocycles. The Morgan fingerprint density at radius 3 is 2.80 bits per heavy atom. The van der Waals surface area contributed by atoms with E-state index in [1.54, 1.807) is 17.0 Å². The van der Waals surface area contributed by atoms with Crippen molar-refractivity contribution in [2.45, 2.75) is 19.0 Å². The van der Waals surface area contributed by atoms with Crippen LogP contribution in [0.4, 0.5) is 18.9 Å². The number of carbonyl (C=O) groups is 1. The summed E-state index contributed by atoms with van der Waals surface area (Å²) in [5.74, 6) is -0.878. The van der Waals surface area contributed by atoms with E-state index in [1.807, 2.05) is 0 Å². The van der Waals surface area contributed by atoms with Crippen molar-refractivity contribution in [3.8, 4) is 5.75 Å². The molecule has 0 saturated heterocycles. The van der Waals surface area contributed by atoms with Crippen LogP contribution in [0.3, 0.4) is 0 Å². The average Bonchev–Trinajstić information content (AvgIpc) is 2.36. The lowest BCUT2D eigenvalue weighted by Crippen LogP contribution is -2.34. The van der Waals surface area contributed by atoms with Crippen molar-refractivity contribution in [1.82, 2.24) is 0 Å². The molecule has 1 heterocycles. The smallest absolute Gasteiger partial charge is 0.389 e. The van der Waals surface area contributed by atoms with Gasteiger partial charge in [-0.25, -0.2) is 4.79 Å². The number of benzene rings is 1. The standard InChI is InChI=1S/C13H14F3NO3/c14-13(15,16)5-2-6-17-7-8-20-11-9(12(18)19)3-1-4-10(11)17/h1,3-4H,2,5-8H2,(H,18,19). The quantitative estimate of drug-likeness (QED) is 0.926. The number of carboxylic acids is 1. The number of hydrogen-bond donors (Lipinski definition) is 1. The van der Waals surface area contributed by atoms with Crippen molar-refractivity contribution in [2.24, 2.45) is 0 Å². The van der Waals surface area contributed by atoms with Gasteiger partial charge in [-0.15, -0.1) is 0 Å². The van der Waals surface area contributed by atoms with Crippen LogP contribution in [-0.4, -0.2) is 36.9 Å². The molecule has 4 nitrogen and oxygen atoms in total. The molecule has 0 atom stereocenters. The molecule has 1 aromatic carbocycles. The summed E-state index contributed by atoms with van der Waals surface area (Å²) in [5, 5.41) is 9.06. The predicted octanol–water partition coefficient (Wildman–Crippen LogP) is 2.93. The van der Waals surface area contributed by atoms with E-state index >= 15 is 0 Å². The SMILES string of the molecule is O=C(O)c1cccc2c1OCCN2CCCC(F)(F)F. The predicted molar refractivity (Wildman–Crippen MR) is 66.4 cm³/mol. The number of fused-ring (bicyclic) bond motifs is 1. The summed E-state index contributed by atoms with van der Waals surface area (Å²) in [6, 6.07) is 4.64. The first-order valence-electron chi connectivity index (χ1n) is 6.19. The van der Waals surface area contributed by atoms with Crippen LogP contribution in [0.15, 0.2) is 18.2 Å². The van der Waals surface area contributed by atoms with Gasteiger partial charge < -0.3 is 14.7 Å². The highest BCUT2D eigenvalue weighted by molar-refractivity contribution is 5.93. The van der Waals surface area contributed by atoms with Crippen molar-refractivity contribution < 1.29 is 27.8 Å². The van der Waals surface area contributed by atoms with Gasteiger partial charge in [0.05, 0.1) is 12.2 Å². The van der Waals surface area contributed by atoms with Gasteiger partial charge in [0.1, 0.15) is 12.2 Å². The van der Waals surface area contributed by atoms with Crippen molar-refractivity contribution in [1.29, 1.82) is 0 Å². The van der Waals surface area contributed by atoms with Crippen molar-refractivity contribution >= 4 is 11.7 Å². The second-order valence-corrected chi connectivity index (χ2v) is 4.51. The highest BCUT2D eigenvalue weighted by atomic mass is 19.4. The minimum Gasteiger partial charge on any atom is -0.489 e. The molecule has 20 heavy (non-hydrogen) atoms. The Kier molecular flexibility index (Phi) is 4.06. The zero-order chi connectivity index (χ0) is 14.8. The largest absolute Gasteiger partial charge is 0.489 e. The zero-order valence-corrected chi connectivity index (χ0v) is 10.6. The van der Waals surface area contributed by atoms with Gasteiger partial charge in [-0.2, -0.15) is 13.2 Å². The zero-order valence-electron chi connectivity index (χ0n) is 10.6. The first kappa shape index (κ1) is 14.5. The molecule has 0 radical (unpaired) electrons. The summed E-state index contributed by atoms with van der Waals surface area (Å²) in [6.45, 7) is 0.941. The van der Waals surface area contributed by atoms with E-state index < -0.39 is 18.6 Å². The fourth-order valence-electron chi connectivity index (χ4n) is 2.17. The molecule has 0 aromatic heterocycles. The number of nitrogens with zero attached hydrogens (tertiary/aromatic N) is 1. The van der Waals surface area contributed by atoms with Gasteiger partial charge in [0.25, 0.3) is 0 Å². The number of para-hydroxylation sites is 1. The molecule has 110 valence electrons. The second kappa shape index (κ2) is 5.60. The van der Waals surface area contributed by atoms with E-state index in [4.69, 9.17) is 9.84 Å². The summed E-state index contributed by atoms with van der Waals surface area (Å²) in [5.41, 5.74) is 0.571. The van der Waals surface area contributed by atoms with Crippen LogP contribution in [0.1, 0.15) is 23.2 Å². The Morgan fingerprint density at radius 1 is 1.40 bits per heavy atom. The summed E-state index contributed by atoms with van der Waals surface area (Å²) in [6.07, 6.45) is -5.05. The maximum absolute atomic E-state index is 12.2. The van der Waals surface area contributed by atoms with Crippen LogP contribution in [0, 0.1) is 0 Å². The third-order valence-corrected chi connectivity index (χ3v) is 3.06. The van der Waals surface area contributed by atoms with E-state index in [9.17, 15) is 18.0 Å². The van der Waals surface area contributed by atoms with Crippen molar-refractivity contribution in [2.75, 3.05) is 24.6 Å². The molecule has 0 unspecified atom stereocenters. The topological polar surface area (TPSA) is 49.8 Å². The van der Waals surface area contributed by atoms with Gasteiger partial charge in [0, 0.05) is 13.0 Å². The third kappa shape index (κ3) is 3.34. The van der Waals surface area contributed by atoms with Crippen molar-refractivity contribution in [3.63, 3.8) is 0 Å². The first-order valence-corrected chi connectivity index (χ1v) is 6.19. The molecule has 2 rings (SSSR count). The van der Waals surface area contributed by atoms with Crippen LogP contribution in [-0.2, 0) is 0 Å². The molecule has 0 spiro atoms. The van der Waals surface area contributed by atoms with Crippen LogP contribution in [0.25, 0.3) is 0 Å². The Bertz CT molecular complexity index is 502. The maximum Gasteiger partial charge on any atom is 0.389 e. The van der Waals surface area contributed by atoms with Gasteiger partial charge in [-0.05, 0) is 18.6 Å². The molecular formula is C13H14F3NO3. The van der Waals surface area contributed by atoms with Crippen LogP contribution < -0.4 is 9.64 Å². The number of alkyl halides is 3. The number of hydrogen-bond acceptors (Lipinski definition) is 3. The normalized spacial score (nSPS) is 14.7. The van der Waals surface area contributed by atoms with Gasteiger partial charge in [0.2, 0.25) is 0 Å². The molecule has 1 N–H and O–H groups in total. The number of ether oxygens (including phenoxy) is 1.